The smallest absolute Gasteiger partial charge is 0.253 e. The van der Waals surface area contributed by atoms with Gasteiger partial charge in [-0.05, 0) is 70.2 Å². The summed E-state index contributed by atoms with van der Waals surface area (Å²) in [6.45, 7) is 14.8. The van der Waals surface area contributed by atoms with Gasteiger partial charge >= 0.3 is 0 Å². The predicted octanol–water partition coefficient (Wildman–Crippen LogP) is 5.02. The Morgan fingerprint density at radius 2 is 1.32 bits per heavy atom. The highest BCUT2D eigenvalue weighted by Crippen LogP contribution is 2.27. The van der Waals surface area contributed by atoms with Gasteiger partial charge in [0, 0.05) is 6.42 Å². The van der Waals surface area contributed by atoms with Gasteiger partial charge in [-0.15, -0.1) is 0 Å². The van der Waals surface area contributed by atoms with Gasteiger partial charge in [0.05, 0.1) is 0 Å². The second kappa shape index (κ2) is 7.83. The first-order chi connectivity index (χ1) is 13.2. The predicted molar refractivity (Wildman–Crippen MR) is 114 cm³/mol. The molecule has 0 spiro atoms. The first-order valence-electron chi connectivity index (χ1n) is 10.2. The molecule has 3 heteroatoms. The number of rotatable bonds is 5. The molecular formula is C25H32N2O. The lowest BCUT2D eigenvalue weighted by atomic mass is 10.0. The standard InChI is InChI=1S/C25H32N2O/c1-8-9-10-22-25(28)27(24-20(6)13-17(3)14-21(24)7)15-26(22)23-18(4)11-16(2)12-19(23)5/h11-15H,8-10H2,1-7H3. The quantitative estimate of drug-likeness (QED) is 0.575. The summed E-state index contributed by atoms with van der Waals surface area (Å²) in [4.78, 5) is 0. The maximum Gasteiger partial charge on any atom is 0.253 e. The molecule has 0 fully saturated rings. The van der Waals surface area contributed by atoms with Gasteiger partial charge in [-0.25, -0.2) is 4.57 Å². The third-order valence-corrected chi connectivity index (χ3v) is 5.51. The number of aryl methyl sites for hydroxylation is 6. The van der Waals surface area contributed by atoms with Crippen LogP contribution in [0.5, 0.6) is 5.88 Å². The molecule has 2 aromatic carbocycles. The topological polar surface area (TPSA) is 31.9 Å². The van der Waals surface area contributed by atoms with Gasteiger partial charge in [-0.2, -0.15) is 4.57 Å². The van der Waals surface area contributed by atoms with Crippen molar-refractivity contribution in [1.29, 1.82) is 0 Å². The minimum Gasteiger partial charge on any atom is -0.839 e. The molecule has 3 nitrogen and oxygen atoms in total. The van der Waals surface area contributed by atoms with Crippen LogP contribution in [0.25, 0.3) is 11.4 Å². The van der Waals surface area contributed by atoms with E-state index in [1.165, 1.54) is 22.3 Å². The Hall–Kier alpha value is -2.55. The lowest BCUT2D eigenvalue weighted by Crippen LogP contribution is -2.34. The SMILES string of the molecule is CCCCc1c([O-])[n+](-c2c(C)cc(C)cc2C)cn1-c1c(C)cc(C)cc1C. The van der Waals surface area contributed by atoms with Gasteiger partial charge in [0.15, 0.2) is 0 Å². The first kappa shape index (κ1) is 20.2. The van der Waals surface area contributed by atoms with Gasteiger partial charge in [0.1, 0.15) is 22.9 Å². The molecule has 0 saturated carbocycles. The van der Waals surface area contributed by atoms with Crippen molar-refractivity contribution < 1.29 is 9.67 Å². The third kappa shape index (κ3) is 3.58. The van der Waals surface area contributed by atoms with E-state index in [-0.39, 0.29) is 5.88 Å². The van der Waals surface area contributed by atoms with Crippen LogP contribution in [-0.2, 0) is 6.42 Å². The lowest BCUT2D eigenvalue weighted by Gasteiger charge is -2.12. The van der Waals surface area contributed by atoms with Crippen molar-refractivity contribution >= 4 is 0 Å². The summed E-state index contributed by atoms with van der Waals surface area (Å²) in [5, 5.41) is 13.5. The molecule has 1 heterocycles. The molecule has 148 valence electrons. The fourth-order valence-electron chi connectivity index (χ4n) is 4.51. The molecule has 0 aliphatic rings. The van der Waals surface area contributed by atoms with E-state index in [0.29, 0.717) is 0 Å². The number of unbranched alkanes of at least 4 members (excludes halogenated alkanes) is 1. The van der Waals surface area contributed by atoms with Crippen molar-refractivity contribution in [2.24, 2.45) is 0 Å². The molecule has 0 aliphatic carbocycles. The first-order valence-corrected chi connectivity index (χ1v) is 10.2. The number of imidazole rings is 1. The maximum absolute atomic E-state index is 13.5. The van der Waals surface area contributed by atoms with Crippen LogP contribution in [0.1, 0.15) is 58.8 Å². The second-order valence-corrected chi connectivity index (χ2v) is 8.21. The van der Waals surface area contributed by atoms with Crippen molar-refractivity contribution in [2.45, 2.75) is 67.7 Å². The molecule has 0 unspecified atom stereocenters. The van der Waals surface area contributed by atoms with Crippen molar-refractivity contribution in [3.8, 4) is 17.3 Å². The third-order valence-electron chi connectivity index (χ3n) is 5.51. The van der Waals surface area contributed by atoms with Crippen LogP contribution in [0.3, 0.4) is 0 Å². The highest BCUT2D eigenvalue weighted by molar-refractivity contribution is 5.51. The highest BCUT2D eigenvalue weighted by Gasteiger charge is 2.24. The van der Waals surface area contributed by atoms with Crippen LogP contribution in [0.2, 0.25) is 0 Å². The molecular weight excluding hydrogens is 344 g/mol. The zero-order valence-electron chi connectivity index (χ0n) is 18.3. The fourth-order valence-corrected chi connectivity index (χ4v) is 4.51. The summed E-state index contributed by atoms with van der Waals surface area (Å²) >= 11 is 0. The molecule has 1 aromatic heterocycles. The minimum atomic E-state index is 0.0999. The largest absolute Gasteiger partial charge is 0.839 e. The Balaban J connectivity index is 2.30. The van der Waals surface area contributed by atoms with Gasteiger partial charge in [-0.1, -0.05) is 48.7 Å². The maximum atomic E-state index is 13.5. The molecule has 0 bridgehead atoms. The van der Waals surface area contributed by atoms with Crippen molar-refractivity contribution in [1.82, 2.24) is 4.57 Å². The van der Waals surface area contributed by atoms with Crippen LogP contribution >= 0.6 is 0 Å². The van der Waals surface area contributed by atoms with E-state index in [1.54, 1.807) is 0 Å². The Morgan fingerprint density at radius 1 is 0.821 bits per heavy atom. The average molecular weight is 377 g/mol. The van der Waals surface area contributed by atoms with Crippen LogP contribution in [0.4, 0.5) is 0 Å². The monoisotopic (exact) mass is 376 g/mol. The van der Waals surface area contributed by atoms with Crippen molar-refractivity contribution in [2.75, 3.05) is 0 Å². The summed E-state index contributed by atoms with van der Waals surface area (Å²) in [6.07, 6.45) is 4.87. The Bertz CT molecular complexity index is 981. The molecule has 0 aliphatic heterocycles. The number of hydrogen-bond donors (Lipinski definition) is 0. The number of nitrogens with zero attached hydrogens (tertiary/aromatic N) is 2. The van der Waals surface area contributed by atoms with Crippen LogP contribution in [0.15, 0.2) is 30.6 Å². The summed E-state index contributed by atoms with van der Waals surface area (Å²) in [6, 6.07) is 8.70. The zero-order valence-corrected chi connectivity index (χ0v) is 18.3. The van der Waals surface area contributed by atoms with E-state index in [2.05, 4.69) is 77.3 Å². The average Bonchev–Trinajstić information content (AvgIpc) is 2.88. The van der Waals surface area contributed by atoms with E-state index in [1.807, 2.05) is 10.9 Å². The second-order valence-electron chi connectivity index (χ2n) is 8.21. The molecule has 0 N–H and O–H groups in total. The van der Waals surface area contributed by atoms with Crippen molar-refractivity contribution in [3.05, 3.63) is 69.7 Å². The van der Waals surface area contributed by atoms with E-state index < -0.39 is 0 Å². The molecule has 0 amide bonds. The molecule has 3 aromatic rings. The van der Waals surface area contributed by atoms with Crippen LogP contribution in [0, 0.1) is 41.5 Å². The molecule has 28 heavy (non-hydrogen) atoms. The van der Waals surface area contributed by atoms with E-state index in [9.17, 15) is 5.11 Å². The minimum absolute atomic E-state index is 0.0999. The zero-order chi connectivity index (χ0) is 20.6. The van der Waals surface area contributed by atoms with Crippen LogP contribution < -0.4 is 9.67 Å². The number of benzene rings is 2. The van der Waals surface area contributed by atoms with E-state index in [0.717, 1.165) is 47.5 Å². The van der Waals surface area contributed by atoms with Crippen LogP contribution in [-0.4, -0.2) is 4.57 Å². The summed E-state index contributed by atoms with van der Waals surface area (Å²) < 4.78 is 3.99. The summed E-state index contributed by atoms with van der Waals surface area (Å²) in [7, 11) is 0. The molecule has 0 saturated heterocycles. The molecule has 0 radical (unpaired) electrons. The van der Waals surface area contributed by atoms with E-state index >= 15 is 0 Å². The fraction of sp³-hybridized carbons (Fsp3) is 0.400. The Kier molecular flexibility index (Phi) is 5.64. The summed E-state index contributed by atoms with van der Waals surface area (Å²) in [5.41, 5.74) is 10.2. The number of aromatic nitrogens is 2. The molecule has 3 rings (SSSR count). The number of hydrogen-bond acceptors (Lipinski definition) is 1. The van der Waals surface area contributed by atoms with Gasteiger partial charge < -0.3 is 5.11 Å². The Morgan fingerprint density at radius 3 is 1.82 bits per heavy atom. The lowest BCUT2D eigenvalue weighted by molar-refractivity contribution is -0.649. The normalized spacial score (nSPS) is 11.2. The summed E-state index contributed by atoms with van der Waals surface area (Å²) in [5.74, 6) is 0.0999. The van der Waals surface area contributed by atoms with Gasteiger partial charge in [0.2, 0.25) is 0 Å². The molecule has 0 atom stereocenters. The van der Waals surface area contributed by atoms with Crippen molar-refractivity contribution in [3.63, 3.8) is 0 Å². The van der Waals surface area contributed by atoms with E-state index in [4.69, 9.17) is 0 Å². The Labute approximate surface area is 169 Å². The van der Waals surface area contributed by atoms with Gasteiger partial charge in [-0.3, -0.25) is 0 Å². The highest BCUT2D eigenvalue weighted by atomic mass is 16.3. The van der Waals surface area contributed by atoms with Gasteiger partial charge in [0.25, 0.3) is 6.33 Å².